The second kappa shape index (κ2) is 5.48. The van der Waals surface area contributed by atoms with E-state index in [4.69, 9.17) is 9.26 Å². The molecule has 2 saturated heterocycles. The van der Waals surface area contributed by atoms with Crippen LogP contribution in [0.2, 0.25) is 0 Å². The quantitative estimate of drug-likeness (QED) is 0.744. The highest BCUT2D eigenvalue weighted by molar-refractivity contribution is 5.92. The monoisotopic (exact) mass is 293 g/mol. The summed E-state index contributed by atoms with van der Waals surface area (Å²) in [7, 11) is 1.77. The molecule has 0 aromatic carbocycles. The maximum atomic E-state index is 12.4. The van der Waals surface area contributed by atoms with E-state index in [1.807, 2.05) is 0 Å². The van der Waals surface area contributed by atoms with E-state index in [0.717, 1.165) is 6.42 Å². The number of fused-ring (bicyclic) bond motifs is 1. The minimum atomic E-state index is -0.122. The van der Waals surface area contributed by atoms with Crippen LogP contribution in [-0.2, 0) is 9.53 Å². The summed E-state index contributed by atoms with van der Waals surface area (Å²) in [6.45, 7) is 3.70. The predicted octanol–water partition coefficient (Wildman–Crippen LogP) is 0.302. The van der Waals surface area contributed by atoms with Crippen LogP contribution in [0.15, 0.2) is 10.6 Å². The summed E-state index contributed by atoms with van der Waals surface area (Å²) < 4.78 is 10.6. The van der Waals surface area contributed by atoms with Crippen molar-refractivity contribution in [2.45, 2.75) is 19.4 Å². The largest absolute Gasteiger partial charge is 0.368 e. The Morgan fingerprint density at radius 1 is 1.43 bits per heavy atom. The zero-order valence-corrected chi connectivity index (χ0v) is 12.2. The normalized spacial score (nSPS) is 26.5. The van der Waals surface area contributed by atoms with Gasteiger partial charge in [-0.3, -0.25) is 9.59 Å². The standard InChI is InChI=1S/C14H19N3O4/c1-9-5-11(15-21-9)14(19)17-4-3-12-10(7-17)6-16(2)13(18)8-20-12/h5,10,12H,3-4,6-8H2,1-2H3/t10-,12-/m0/s1. The van der Waals surface area contributed by atoms with E-state index in [-0.39, 0.29) is 30.4 Å². The molecule has 3 rings (SSSR count). The summed E-state index contributed by atoms with van der Waals surface area (Å²) in [4.78, 5) is 27.5. The summed E-state index contributed by atoms with van der Waals surface area (Å²) in [6.07, 6.45) is 0.788. The van der Waals surface area contributed by atoms with Crippen molar-refractivity contribution in [3.8, 4) is 0 Å². The lowest BCUT2D eigenvalue weighted by Crippen LogP contribution is -2.48. The first-order chi connectivity index (χ1) is 10.0. The fraction of sp³-hybridized carbons (Fsp3) is 0.643. The van der Waals surface area contributed by atoms with Crippen molar-refractivity contribution in [3.63, 3.8) is 0 Å². The lowest BCUT2D eigenvalue weighted by molar-refractivity contribution is -0.133. The third kappa shape index (κ3) is 2.78. The Bertz CT molecular complexity index is 556. The van der Waals surface area contributed by atoms with Gasteiger partial charge in [0.25, 0.3) is 5.91 Å². The van der Waals surface area contributed by atoms with Crippen LogP contribution in [0.25, 0.3) is 0 Å². The summed E-state index contributed by atoms with van der Waals surface area (Å²) >= 11 is 0. The molecule has 0 radical (unpaired) electrons. The van der Waals surface area contributed by atoms with Gasteiger partial charge in [0.1, 0.15) is 12.4 Å². The zero-order valence-electron chi connectivity index (χ0n) is 12.2. The van der Waals surface area contributed by atoms with E-state index in [1.54, 1.807) is 29.8 Å². The molecule has 2 aliphatic rings. The van der Waals surface area contributed by atoms with Gasteiger partial charge < -0.3 is 19.1 Å². The van der Waals surface area contributed by atoms with Gasteiger partial charge in [0.15, 0.2) is 5.69 Å². The van der Waals surface area contributed by atoms with E-state index in [9.17, 15) is 9.59 Å². The molecule has 7 nitrogen and oxygen atoms in total. The molecule has 21 heavy (non-hydrogen) atoms. The number of hydrogen-bond acceptors (Lipinski definition) is 5. The first-order valence-corrected chi connectivity index (χ1v) is 7.13. The van der Waals surface area contributed by atoms with Crippen LogP contribution >= 0.6 is 0 Å². The number of aryl methyl sites for hydroxylation is 1. The molecule has 2 fully saturated rings. The Kier molecular flexibility index (Phi) is 3.67. The average molecular weight is 293 g/mol. The average Bonchev–Trinajstić information content (AvgIpc) is 2.85. The molecule has 1 aromatic heterocycles. The van der Waals surface area contributed by atoms with Gasteiger partial charge in [0.05, 0.1) is 6.10 Å². The van der Waals surface area contributed by atoms with Crippen molar-refractivity contribution in [3.05, 3.63) is 17.5 Å². The van der Waals surface area contributed by atoms with E-state index in [0.29, 0.717) is 31.1 Å². The van der Waals surface area contributed by atoms with E-state index in [1.165, 1.54) is 0 Å². The summed E-state index contributed by atoms with van der Waals surface area (Å²) in [5, 5.41) is 3.78. The number of ether oxygens (including phenoxy) is 1. The molecular weight excluding hydrogens is 274 g/mol. The number of amides is 2. The lowest BCUT2D eigenvalue weighted by atomic mass is 9.94. The second-order valence-corrected chi connectivity index (χ2v) is 5.75. The first kappa shape index (κ1) is 14.1. The Morgan fingerprint density at radius 2 is 2.24 bits per heavy atom. The number of likely N-dealkylation sites (N-methyl/N-ethyl adjacent to an activating group) is 1. The predicted molar refractivity (Wildman–Crippen MR) is 72.6 cm³/mol. The maximum Gasteiger partial charge on any atom is 0.276 e. The topological polar surface area (TPSA) is 75.9 Å². The number of rotatable bonds is 1. The van der Waals surface area contributed by atoms with Crippen LogP contribution in [0.3, 0.4) is 0 Å². The highest BCUT2D eigenvalue weighted by atomic mass is 16.5. The highest BCUT2D eigenvalue weighted by Crippen LogP contribution is 2.24. The minimum Gasteiger partial charge on any atom is -0.368 e. The summed E-state index contributed by atoms with van der Waals surface area (Å²) in [5.41, 5.74) is 0.338. The van der Waals surface area contributed by atoms with Gasteiger partial charge in [-0.2, -0.15) is 0 Å². The number of carbonyl (C=O) groups is 2. The third-order valence-electron chi connectivity index (χ3n) is 4.15. The number of nitrogens with zero attached hydrogens (tertiary/aromatic N) is 3. The van der Waals surface area contributed by atoms with Crippen molar-refractivity contribution in [1.82, 2.24) is 15.0 Å². The van der Waals surface area contributed by atoms with Crippen LogP contribution in [-0.4, -0.2) is 66.2 Å². The van der Waals surface area contributed by atoms with Gasteiger partial charge in [-0.1, -0.05) is 5.16 Å². The van der Waals surface area contributed by atoms with Crippen LogP contribution in [0.4, 0.5) is 0 Å². The third-order valence-corrected chi connectivity index (χ3v) is 4.15. The fourth-order valence-corrected chi connectivity index (χ4v) is 2.96. The lowest BCUT2D eigenvalue weighted by Gasteiger charge is -2.37. The molecule has 0 spiro atoms. The molecule has 0 unspecified atom stereocenters. The highest BCUT2D eigenvalue weighted by Gasteiger charge is 2.36. The number of aromatic nitrogens is 1. The van der Waals surface area contributed by atoms with Crippen molar-refractivity contribution in [2.75, 3.05) is 33.3 Å². The number of likely N-dealkylation sites (tertiary alicyclic amines) is 1. The van der Waals surface area contributed by atoms with Crippen molar-refractivity contribution in [1.29, 1.82) is 0 Å². The molecule has 2 atom stereocenters. The van der Waals surface area contributed by atoms with Crippen LogP contribution in [0.1, 0.15) is 22.7 Å². The summed E-state index contributed by atoms with van der Waals surface area (Å²) in [6, 6.07) is 1.65. The van der Waals surface area contributed by atoms with Crippen molar-refractivity contribution < 1.29 is 18.8 Å². The second-order valence-electron chi connectivity index (χ2n) is 5.75. The molecule has 0 aliphatic carbocycles. The van der Waals surface area contributed by atoms with Crippen molar-refractivity contribution >= 4 is 11.8 Å². The van der Waals surface area contributed by atoms with Crippen LogP contribution in [0, 0.1) is 12.8 Å². The fourth-order valence-electron chi connectivity index (χ4n) is 2.96. The number of piperidine rings is 1. The molecule has 2 aliphatic heterocycles. The van der Waals surface area contributed by atoms with E-state index < -0.39 is 0 Å². The molecule has 0 bridgehead atoms. The Labute approximate surface area is 122 Å². The molecule has 7 heteroatoms. The molecular formula is C14H19N3O4. The van der Waals surface area contributed by atoms with Gasteiger partial charge in [0.2, 0.25) is 5.91 Å². The van der Waals surface area contributed by atoms with Crippen LogP contribution < -0.4 is 0 Å². The van der Waals surface area contributed by atoms with Crippen LogP contribution in [0.5, 0.6) is 0 Å². The van der Waals surface area contributed by atoms with Crippen molar-refractivity contribution in [2.24, 2.45) is 5.92 Å². The molecule has 1 aromatic rings. The first-order valence-electron chi connectivity index (χ1n) is 7.13. The van der Waals surface area contributed by atoms with Gasteiger partial charge >= 0.3 is 0 Å². The van der Waals surface area contributed by atoms with E-state index in [2.05, 4.69) is 5.16 Å². The molecule has 0 N–H and O–H groups in total. The minimum absolute atomic E-state index is 0.00518. The molecule has 0 saturated carbocycles. The Hall–Kier alpha value is -1.89. The molecule has 3 heterocycles. The van der Waals surface area contributed by atoms with Gasteiger partial charge in [-0.15, -0.1) is 0 Å². The maximum absolute atomic E-state index is 12.4. The Morgan fingerprint density at radius 3 is 2.95 bits per heavy atom. The van der Waals surface area contributed by atoms with Gasteiger partial charge in [-0.25, -0.2) is 0 Å². The Balaban J connectivity index is 1.70. The smallest absolute Gasteiger partial charge is 0.276 e. The van der Waals surface area contributed by atoms with E-state index >= 15 is 0 Å². The SMILES string of the molecule is Cc1cc(C(=O)N2CC[C@@H]3OCC(=O)N(C)C[C@H]3C2)no1. The molecule has 114 valence electrons. The zero-order chi connectivity index (χ0) is 15.0. The van der Waals surface area contributed by atoms with Gasteiger partial charge in [-0.05, 0) is 13.3 Å². The number of hydrogen-bond donors (Lipinski definition) is 0. The summed E-state index contributed by atoms with van der Waals surface area (Å²) in [5.74, 6) is 0.640. The number of carbonyl (C=O) groups excluding carboxylic acids is 2. The molecule has 2 amide bonds. The van der Waals surface area contributed by atoms with Gasteiger partial charge in [0, 0.05) is 38.7 Å².